The first kappa shape index (κ1) is 13.7. The minimum Gasteiger partial charge on any atom is -0.497 e. The summed E-state index contributed by atoms with van der Waals surface area (Å²) in [6, 6.07) is 5.53. The zero-order valence-electron chi connectivity index (χ0n) is 10.9. The van der Waals surface area contributed by atoms with E-state index >= 15 is 0 Å². The largest absolute Gasteiger partial charge is 0.497 e. The molecule has 0 bridgehead atoms. The van der Waals surface area contributed by atoms with Gasteiger partial charge in [-0.25, -0.2) is 0 Å². The van der Waals surface area contributed by atoms with Crippen molar-refractivity contribution in [2.24, 2.45) is 0 Å². The monoisotopic (exact) mass is 236 g/mol. The van der Waals surface area contributed by atoms with Gasteiger partial charge in [0, 0.05) is 19.1 Å². The van der Waals surface area contributed by atoms with Crippen LogP contribution in [0.1, 0.15) is 35.7 Å². The van der Waals surface area contributed by atoms with E-state index in [-0.39, 0.29) is 11.9 Å². The van der Waals surface area contributed by atoms with Gasteiger partial charge in [0.1, 0.15) is 5.75 Å². The van der Waals surface area contributed by atoms with Crippen molar-refractivity contribution in [3.05, 3.63) is 29.3 Å². The molecule has 0 aromatic heterocycles. The fourth-order valence-corrected chi connectivity index (χ4v) is 1.66. The van der Waals surface area contributed by atoms with Crippen LogP contribution in [0.2, 0.25) is 0 Å². The van der Waals surface area contributed by atoms with Crippen LogP contribution in [-0.4, -0.2) is 26.1 Å². The molecule has 0 fully saturated rings. The van der Waals surface area contributed by atoms with E-state index in [0.29, 0.717) is 6.42 Å². The van der Waals surface area contributed by atoms with Gasteiger partial charge in [0.05, 0.1) is 13.2 Å². The average Bonchev–Trinajstić information content (AvgIpc) is 2.35. The molecule has 0 radical (unpaired) electrons. The van der Waals surface area contributed by atoms with Crippen molar-refractivity contribution in [2.45, 2.75) is 32.8 Å². The number of Topliss-reactive ketones (excluding diaryl/α,β-unsaturated/α-hetero) is 1. The van der Waals surface area contributed by atoms with Crippen LogP contribution in [0.3, 0.4) is 0 Å². The highest BCUT2D eigenvalue weighted by Gasteiger charge is 2.11. The Kier molecular flexibility index (Phi) is 5.16. The standard InChI is InChI=1S/C14H20O3/c1-10-9-12(17-4)6-7-13(10)14(15)8-5-11(2)16-3/h6-7,9,11H,5,8H2,1-4H3. The van der Waals surface area contributed by atoms with Gasteiger partial charge in [-0.15, -0.1) is 0 Å². The number of ketones is 1. The third-order valence-corrected chi connectivity index (χ3v) is 2.91. The lowest BCUT2D eigenvalue weighted by molar-refractivity contribution is 0.0877. The Bertz CT molecular complexity index is 385. The van der Waals surface area contributed by atoms with Crippen LogP contribution < -0.4 is 4.74 Å². The molecule has 0 saturated heterocycles. The van der Waals surface area contributed by atoms with Crippen LogP contribution in [-0.2, 0) is 4.74 Å². The first-order chi connectivity index (χ1) is 8.08. The molecule has 3 nitrogen and oxygen atoms in total. The van der Waals surface area contributed by atoms with E-state index in [0.717, 1.165) is 23.3 Å². The van der Waals surface area contributed by atoms with Gasteiger partial charge >= 0.3 is 0 Å². The summed E-state index contributed by atoms with van der Waals surface area (Å²) in [6.07, 6.45) is 1.39. The summed E-state index contributed by atoms with van der Waals surface area (Å²) in [5.41, 5.74) is 1.73. The van der Waals surface area contributed by atoms with Crippen molar-refractivity contribution >= 4 is 5.78 Å². The zero-order chi connectivity index (χ0) is 12.8. The molecule has 1 unspecified atom stereocenters. The Morgan fingerprint density at radius 3 is 2.59 bits per heavy atom. The van der Waals surface area contributed by atoms with E-state index in [1.54, 1.807) is 14.2 Å². The molecule has 3 heteroatoms. The van der Waals surface area contributed by atoms with Gasteiger partial charge in [-0.3, -0.25) is 4.79 Å². The molecular formula is C14H20O3. The minimum atomic E-state index is 0.123. The van der Waals surface area contributed by atoms with Crippen LogP contribution in [0.25, 0.3) is 0 Å². The summed E-state index contributed by atoms with van der Waals surface area (Å²) >= 11 is 0. The molecule has 1 rings (SSSR count). The van der Waals surface area contributed by atoms with Gasteiger partial charge in [0.2, 0.25) is 0 Å². The van der Waals surface area contributed by atoms with Crippen molar-refractivity contribution in [3.63, 3.8) is 0 Å². The molecule has 0 amide bonds. The number of aryl methyl sites for hydroxylation is 1. The molecule has 1 atom stereocenters. The van der Waals surface area contributed by atoms with Crippen LogP contribution >= 0.6 is 0 Å². The normalized spacial score (nSPS) is 12.2. The van der Waals surface area contributed by atoms with Crippen molar-refractivity contribution in [3.8, 4) is 5.75 Å². The van der Waals surface area contributed by atoms with Crippen molar-refractivity contribution in [1.82, 2.24) is 0 Å². The number of rotatable bonds is 6. The first-order valence-corrected chi connectivity index (χ1v) is 5.79. The van der Waals surface area contributed by atoms with Crippen LogP contribution in [0.4, 0.5) is 0 Å². The van der Waals surface area contributed by atoms with Crippen molar-refractivity contribution in [2.75, 3.05) is 14.2 Å². The fourth-order valence-electron chi connectivity index (χ4n) is 1.66. The number of carbonyl (C=O) groups excluding carboxylic acids is 1. The number of hydrogen-bond acceptors (Lipinski definition) is 3. The number of benzene rings is 1. The fraction of sp³-hybridized carbons (Fsp3) is 0.500. The molecule has 17 heavy (non-hydrogen) atoms. The Balaban J connectivity index is 2.69. The van der Waals surface area contributed by atoms with Crippen LogP contribution in [0.5, 0.6) is 5.75 Å². The molecule has 0 aliphatic carbocycles. The first-order valence-electron chi connectivity index (χ1n) is 5.79. The molecule has 0 aliphatic rings. The molecule has 0 aliphatic heterocycles. The predicted molar refractivity (Wildman–Crippen MR) is 67.8 cm³/mol. The van der Waals surface area contributed by atoms with E-state index in [4.69, 9.17) is 9.47 Å². The highest BCUT2D eigenvalue weighted by molar-refractivity contribution is 5.97. The maximum atomic E-state index is 12.0. The van der Waals surface area contributed by atoms with E-state index in [2.05, 4.69) is 0 Å². The molecule has 94 valence electrons. The van der Waals surface area contributed by atoms with Gasteiger partial charge in [-0.1, -0.05) is 0 Å². The Morgan fingerprint density at radius 1 is 1.35 bits per heavy atom. The average molecular weight is 236 g/mol. The molecule has 0 N–H and O–H groups in total. The maximum absolute atomic E-state index is 12.0. The van der Waals surface area contributed by atoms with Gasteiger partial charge in [-0.05, 0) is 44.0 Å². The smallest absolute Gasteiger partial charge is 0.163 e. The number of ether oxygens (including phenoxy) is 2. The minimum absolute atomic E-state index is 0.123. The maximum Gasteiger partial charge on any atom is 0.163 e. The van der Waals surface area contributed by atoms with Gasteiger partial charge in [0.25, 0.3) is 0 Å². The number of hydrogen-bond donors (Lipinski definition) is 0. The summed E-state index contributed by atoms with van der Waals surface area (Å²) in [5.74, 6) is 0.943. The lowest BCUT2D eigenvalue weighted by atomic mass is 10.0. The zero-order valence-corrected chi connectivity index (χ0v) is 10.9. The van der Waals surface area contributed by atoms with Crippen LogP contribution in [0, 0.1) is 6.92 Å². The summed E-state index contributed by atoms with van der Waals surface area (Å²) < 4.78 is 10.2. The summed E-state index contributed by atoms with van der Waals surface area (Å²) in [5, 5.41) is 0. The van der Waals surface area contributed by atoms with E-state index in [1.807, 2.05) is 32.0 Å². The third kappa shape index (κ3) is 3.86. The summed E-state index contributed by atoms with van der Waals surface area (Å²) in [4.78, 5) is 12.0. The number of methoxy groups -OCH3 is 2. The molecule has 1 aromatic carbocycles. The molecular weight excluding hydrogens is 216 g/mol. The lowest BCUT2D eigenvalue weighted by Gasteiger charge is -2.10. The second-order valence-electron chi connectivity index (χ2n) is 4.19. The van der Waals surface area contributed by atoms with E-state index < -0.39 is 0 Å². The van der Waals surface area contributed by atoms with E-state index in [1.165, 1.54) is 0 Å². The quantitative estimate of drug-likeness (QED) is 0.712. The topological polar surface area (TPSA) is 35.5 Å². The van der Waals surface area contributed by atoms with E-state index in [9.17, 15) is 4.79 Å². The van der Waals surface area contributed by atoms with Gasteiger partial charge < -0.3 is 9.47 Å². The molecule has 0 heterocycles. The Labute approximate surface area is 103 Å². The Hall–Kier alpha value is -1.35. The SMILES string of the molecule is COc1ccc(C(=O)CCC(C)OC)c(C)c1. The van der Waals surface area contributed by atoms with Crippen molar-refractivity contribution < 1.29 is 14.3 Å². The number of carbonyl (C=O) groups is 1. The van der Waals surface area contributed by atoms with Crippen molar-refractivity contribution in [1.29, 1.82) is 0 Å². The summed E-state index contributed by atoms with van der Waals surface area (Å²) in [7, 11) is 3.28. The predicted octanol–water partition coefficient (Wildman–Crippen LogP) is 3.00. The second kappa shape index (κ2) is 6.40. The Morgan fingerprint density at radius 2 is 2.06 bits per heavy atom. The van der Waals surface area contributed by atoms with Gasteiger partial charge in [0.15, 0.2) is 5.78 Å². The second-order valence-corrected chi connectivity index (χ2v) is 4.19. The van der Waals surface area contributed by atoms with Gasteiger partial charge in [-0.2, -0.15) is 0 Å². The summed E-state index contributed by atoms with van der Waals surface area (Å²) in [6.45, 7) is 3.89. The highest BCUT2D eigenvalue weighted by Crippen LogP contribution is 2.19. The molecule has 0 saturated carbocycles. The third-order valence-electron chi connectivity index (χ3n) is 2.91. The lowest BCUT2D eigenvalue weighted by Crippen LogP contribution is -2.09. The molecule has 0 spiro atoms. The highest BCUT2D eigenvalue weighted by atomic mass is 16.5. The molecule has 1 aromatic rings. The van der Waals surface area contributed by atoms with Crippen LogP contribution in [0.15, 0.2) is 18.2 Å².